The molecule has 0 aliphatic rings. The minimum atomic E-state index is 0.112. The summed E-state index contributed by atoms with van der Waals surface area (Å²) in [4.78, 5) is 0. The molecule has 1 heterocycles. The van der Waals surface area contributed by atoms with Crippen LogP contribution in [0.25, 0.3) is 0 Å². The molecule has 2 aromatic carbocycles. The molecule has 0 bridgehead atoms. The van der Waals surface area contributed by atoms with Gasteiger partial charge in [-0.15, -0.1) is 5.10 Å². The average Bonchev–Trinajstić information content (AvgIpc) is 2.75. The fraction of sp³-hybridized carbons (Fsp3) is 0. The molecule has 0 saturated carbocycles. The number of hydrogen-bond acceptors (Lipinski definition) is 5. The molecule has 0 saturated heterocycles. The normalized spacial score (nSPS) is 11.0. The van der Waals surface area contributed by atoms with Gasteiger partial charge in [0.05, 0.1) is 42.0 Å². The lowest BCUT2D eigenvalue weighted by molar-refractivity contribution is 0.387. The Bertz CT molecular complexity index is 1030. The molecule has 0 aliphatic carbocycles. The van der Waals surface area contributed by atoms with E-state index in [-0.39, 0.29) is 11.6 Å². The van der Waals surface area contributed by atoms with Crippen molar-refractivity contribution in [1.82, 2.24) is 15.4 Å². The van der Waals surface area contributed by atoms with Gasteiger partial charge in [-0.3, -0.25) is 0 Å². The first-order chi connectivity index (χ1) is 14.1. The van der Waals surface area contributed by atoms with E-state index in [4.69, 9.17) is 9.47 Å². The molecular formula is C15HBr10N3O2. The van der Waals surface area contributed by atoms with Gasteiger partial charge in [0.2, 0.25) is 5.75 Å². The number of nitrogens with zero attached hydrogens (tertiary/aromatic N) is 3. The topological polar surface area (TPSA) is 57.1 Å². The van der Waals surface area contributed by atoms with Gasteiger partial charge < -0.3 is 9.47 Å². The van der Waals surface area contributed by atoms with E-state index in [1.165, 1.54) is 6.20 Å². The summed E-state index contributed by atoms with van der Waals surface area (Å²) in [5, 5.41) is 11.5. The van der Waals surface area contributed by atoms with E-state index >= 15 is 0 Å². The molecule has 5 nitrogen and oxygen atoms in total. The number of rotatable bonds is 4. The molecule has 0 fully saturated rings. The molecule has 0 atom stereocenters. The van der Waals surface area contributed by atoms with E-state index in [0.717, 1.165) is 26.8 Å². The van der Waals surface area contributed by atoms with Crippen molar-refractivity contribution in [1.29, 1.82) is 0 Å². The zero-order chi connectivity index (χ0) is 22.3. The van der Waals surface area contributed by atoms with Gasteiger partial charge >= 0.3 is 0 Å². The van der Waals surface area contributed by atoms with Crippen molar-refractivity contribution < 1.29 is 9.47 Å². The van der Waals surface area contributed by atoms with Gasteiger partial charge in [0.15, 0.2) is 11.5 Å². The molecule has 0 radical (unpaired) electrons. The highest BCUT2D eigenvalue weighted by molar-refractivity contribution is 9.16. The van der Waals surface area contributed by atoms with E-state index in [0.29, 0.717) is 29.4 Å². The minimum Gasteiger partial charge on any atom is -0.447 e. The molecule has 0 unspecified atom stereocenters. The fourth-order valence-corrected chi connectivity index (χ4v) is 8.29. The Labute approximate surface area is 254 Å². The Morgan fingerprint density at radius 2 is 0.867 bits per heavy atom. The van der Waals surface area contributed by atoms with Crippen LogP contribution in [0.15, 0.2) is 50.9 Å². The quantitative estimate of drug-likeness (QED) is 0.193. The van der Waals surface area contributed by atoms with E-state index in [9.17, 15) is 0 Å². The van der Waals surface area contributed by atoms with Crippen molar-refractivity contribution in [2.75, 3.05) is 0 Å². The first-order valence-corrected chi connectivity index (χ1v) is 15.1. The zero-order valence-corrected chi connectivity index (χ0v) is 29.4. The standard InChI is InChI=1S/C15HBr10N3O2/c16-3-5(18)9(22)13(10(23)6(3)19)29-2-1-26-28-27-15(2)30-14-11(24)7(20)4(17)8(21)12(14)25/h1H. The minimum absolute atomic E-state index is 0.112. The third-order valence-corrected chi connectivity index (χ3v) is 15.4. The Kier molecular flexibility index (Phi) is 9.75. The summed E-state index contributed by atoms with van der Waals surface area (Å²) >= 11 is 35.2. The van der Waals surface area contributed by atoms with Crippen molar-refractivity contribution in [3.05, 3.63) is 50.9 Å². The maximum absolute atomic E-state index is 6.10. The second-order valence-corrected chi connectivity index (χ2v) is 13.0. The highest BCUT2D eigenvalue weighted by Gasteiger charge is 2.24. The number of benzene rings is 2. The summed E-state index contributed by atoms with van der Waals surface area (Å²) in [6.45, 7) is 0. The van der Waals surface area contributed by atoms with Crippen LogP contribution in [0.2, 0.25) is 0 Å². The van der Waals surface area contributed by atoms with Crippen molar-refractivity contribution >= 4 is 159 Å². The van der Waals surface area contributed by atoms with Crippen molar-refractivity contribution in [2.45, 2.75) is 0 Å². The van der Waals surface area contributed by atoms with Crippen molar-refractivity contribution in [3.8, 4) is 23.1 Å². The molecule has 30 heavy (non-hydrogen) atoms. The number of hydrogen-bond donors (Lipinski definition) is 0. The van der Waals surface area contributed by atoms with E-state index in [1.54, 1.807) is 0 Å². The van der Waals surface area contributed by atoms with Gasteiger partial charge in [0.25, 0.3) is 5.88 Å². The van der Waals surface area contributed by atoms with Crippen LogP contribution in [0.3, 0.4) is 0 Å². The SMILES string of the molecule is Brc1c(Br)c(Br)c(Oc2cnnnc2Oc2c(Br)c(Br)c(Br)c(Br)c2Br)c(Br)c1Br. The van der Waals surface area contributed by atoms with Crippen LogP contribution in [0.1, 0.15) is 0 Å². The summed E-state index contributed by atoms with van der Waals surface area (Å²) in [7, 11) is 0. The molecule has 0 N–H and O–H groups in total. The molecular weight excluding hydrogens is 1050 g/mol. The van der Waals surface area contributed by atoms with Crippen molar-refractivity contribution in [3.63, 3.8) is 0 Å². The first kappa shape index (κ1) is 26.5. The number of halogens is 10. The largest absolute Gasteiger partial charge is 0.447 e. The first-order valence-electron chi connectivity index (χ1n) is 7.13. The lowest BCUT2D eigenvalue weighted by atomic mass is 10.3. The third kappa shape index (κ3) is 5.24. The Morgan fingerprint density at radius 3 is 1.30 bits per heavy atom. The van der Waals surface area contributed by atoms with Crippen LogP contribution in [0.5, 0.6) is 23.1 Å². The van der Waals surface area contributed by atoms with Gasteiger partial charge in [0, 0.05) is 8.95 Å². The molecule has 0 aliphatic heterocycles. The van der Waals surface area contributed by atoms with Crippen LogP contribution >= 0.6 is 159 Å². The van der Waals surface area contributed by atoms with Crippen LogP contribution in [-0.4, -0.2) is 15.4 Å². The lowest BCUT2D eigenvalue weighted by Gasteiger charge is -2.17. The van der Waals surface area contributed by atoms with Crippen LogP contribution in [0.4, 0.5) is 0 Å². The highest BCUT2D eigenvalue weighted by atomic mass is 79.9. The summed E-state index contributed by atoms with van der Waals surface area (Å²) in [5.74, 6) is 1.30. The molecule has 158 valence electrons. The van der Waals surface area contributed by atoms with Gasteiger partial charge in [-0.25, -0.2) is 0 Å². The lowest BCUT2D eigenvalue weighted by Crippen LogP contribution is -2.00. The zero-order valence-electron chi connectivity index (χ0n) is 13.5. The molecule has 1 aromatic heterocycles. The predicted molar refractivity (Wildman–Crippen MR) is 150 cm³/mol. The molecule has 0 amide bonds. The van der Waals surface area contributed by atoms with Gasteiger partial charge in [0.1, 0.15) is 0 Å². The maximum Gasteiger partial charge on any atom is 0.286 e. The molecule has 3 aromatic rings. The van der Waals surface area contributed by atoms with E-state index < -0.39 is 0 Å². The summed E-state index contributed by atoms with van der Waals surface area (Å²) < 4.78 is 19.4. The molecule has 3 rings (SSSR count). The second-order valence-electron chi connectivity index (χ2n) is 5.11. The fourth-order valence-electron chi connectivity index (χ4n) is 1.95. The number of aromatic nitrogens is 3. The monoisotopic (exact) mass is 1040 g/mol. The molecule has 15 heteroatoms. The van der Waals surface area contributed by atoms with E-state index in [1.807, 2.05) is 0 Å². The highest BCUT2D eigenvalue weighted by Crippen LogP contribution is 2.52. The van der Waals surface area contributed by atoms with Gasteiger partial charge in [-0.05, 0) is 165 Å². The van der Waals surface area contributed by atoms with E-state index in [2.05, 4.69) is 175 Å². The van der Waals surface area contributed by atoms with Crippen LogP contribution < -0.4 is 9.47 Å². The molecule has 0 spiro atoms. The van der Waals surface area contributed by atoms with Crippen LogP contribution in [-0.2, 0) is 0 Å². The smallest absolute Gasteiger partial charge is 0.286 e. The van der Waals surface area contributed by atoms with Gasteiger partial charge in [-0.2, -0.15) is 0 Å². The second kappa shape index (κ2) is 11.1. The Morgan fingerprint density at radius 1 is 0.500 bits per heavy atom. The maximum atomic E-state index is 6.10. The third-order valence-electron chi connectivity index (χ3n) is 3.32. The van der Waals surface area contributed by atoms with Gasteiger partial charge in [-0.1, -0.05) is 5.10 Å². The Hall–Kier alpha value is 1.85. The summed E-state index contributed by atoms with van der Waals surface area (Å²) in [5.41, 5.74) is 0. The Balaban J connectivity index is 2.09. The number of ether oxygens (including phenoxy) is 2. The van der Waals surface area contributed by atoms with Crippen LogP contribution in [0, 0.1) is 0 Å². The van der Waals surface area contributed by atoms with Crippen molar-refractivity contribution in [2.24, 2.45) is 0 Å². The average molecular weight is 1050 g/mol. The summed E-state index contributed by atoms with van der Waals surface area (Å²) in [6.07, 6.45) is 1.41. The predicted octanol–water partition coefficient (Wildman–Crippen LogP) is 11.1. The summed E-state index contributed by atoms with van der Waals surface area (Å²) in [6, 6.07) is 0.